The van der Waals surface area contributed by atoms with Gasteiger partial charge < -0.3 is 0 Å². The normalized spacial score (nSPS) is 19.7. The van der Waals surface area contributed by atoms with Gasteiger partial charge >= 0.3 is 0 Å². The predicted molar refractivity (Wildman–Crippen MR) is 114 cm³/mol. The Balaban J connectivity index is 1.63. The first-order valence-corrected chi connectivity index (χ1v) is 12.6. The summed E-state index contributed by atoms with van der Waals surface area (Å²) >= 11 is 0. The maximum Gasteiger partial charge on any atom is 0.296 e. The fourth-order valence-electron chi connectivity index (χ4n) is 3.24. The summed E-state index contributed by atoms with van der Waals surface area (Å²) in [7, 11) is -7.75. The molecule has 2 unspecified atom stereocenters. The molecule has 162 valence electrons. The smallest absolute Gasteiger partial charge is 0.266 e. The van der Waals surface area contributed by atoms with Crippen molar-refractivity contribution < 1.29 is 25.2 Å². The van der Waals surface area contributed by atoms with Gasteiger partial charge in [0.15, 0.2) is 0 Å². The lowest BCUT2D eigenvalue weighted by Crippen LogP contribution is -2.28. The summed E-state index contributed by atoms with van der Waals surface area (Å²) in [4.78, 5) is 0.211. The molecule has 0 saturated carbocycles. The number of hydrogen-bond donors (Lipinski definition) is 0. The molecule has 1 aliphatic carbocycles. The topological polar surface area (TPSA) is 86.7 Å². The quantitative estimate of drug-likeness (QED) is 0.446. The predicted octanol–water partition coefficient (Wildman–Crippen LogP) is 4.00. The molecule has 0 saturated heterocycles. The van der Waals surface area contributed by atoms with E-state index in [0.717, 1.165) is 11.1 Å². The second kappa shape index (κ2) is 9.43. The molecular formula is C22H26O6S2. The zero-order chi connectivity index (χ0) is 21.8. The summed E-state index contributed by atoms with van der Waals surface area (Å²) in [6.45, 7) is 3.69. The molecule has 3 rings (SSSR count). The third-order valence-electron chi connectivity index (χ3n) is 5.20. The van der Waals surface area contributed by atoms with Gasteiger partial charge in [-0.15, -0.1) is 0 Å². The van der Waals surface area contributed by atoms with Crippen molar-refractivity contribution in [1.82, 2.24) is 0 Å². The van der Waals surface area contributed by atoms with Crippen LogP contribution in [0.2, 0.25) is 0 Å². The molecule has 0 N–H and O–H groups in total. The molecule has 1 aliphatic rings. The molecule has 0 aromatic heterocycles. The molecule has 0 fully saturated rings. The van der Waals surface area contributed by atoms with Crippen LogP contribution in [0.1, 0.15) is 24.0 Å². The van der Waals surface area contributed by atoms with Gasteiger partial charge in [0, 0.05) is 0 Å². The molecule has 2 aromatic carbocycles. The molecule has 0 bridgehead atoms. The van der Waals surface area contributed by atoms with E-state index in [1.807, 2.05) is 26.0 Å². The summed E-state index contributed by atoms with van der Waals surface area (Å²) in [5.74, 6) is -0.327. The van der Waals surface area contributed by atoms with Crippen molar-refractivity contribution in [1.29, 1.82) is 0 Å². The van der Waals surface area contributed by atoms with Gasteiger partial charge in [-0.3, -0.25) is 8.37 Å². The highest BCUT2D eigenvalue weighted by atomic mass is 32.2. The third-order valence-corrected chi connectivity index (χ3v) is 7.80. The zero-order valence-electron chi connectivity index (χ0n) is 17.0. The van der Waals surface area contributed by atoms with Crippen molar-refractivity contribution in [2.24, 2.45) is 11.8 Å². The Bertz CT molecular complexity index is 996. The van der Waals surface area contributed by atoms with Gasteiger partial charge in [0.05, 0.1) is 23.0 Å². The van der Waals surface area contributed by atoms with Crippen molar-refractivity contribution in [3.63, 3.8) is 0 Å². The van der Waals surface area contributed by atoms with E-state index >= 15 is 0 Å². The summed E-state index contributed by atoms with van der Waals surface area (Å²) in [5, 5.41) is 0. The largest absolute Gasteiger partial charge is 0.296 e. The van der Waals surface area contributed by atoms with Gasteiger partial charge in [-0.1, -0.05) is 47.5 Å². The molecule has 0 heterocycles. The van der Waals surface area contributed by atoms with Crippen molar-refractivity contribution >= 4 is 20.2 Å². The van der Waals surface area contributed by atoms with Crippen molar-refractivity contribution in [2.45, 2.75) is 36.5 Å². The van der Waals surface area contributed by atoms with Crippen LogP contribution in [0.15, 0.2) is 70.5 Å². The van der Waals surface area contributed by atoms with E-state index in [1.165, 1.54) is 24.3 Å². The van der Waals surface area contributed by atoms with Gasteiger partial charge in [-0.25, -0.2) is 0 Å². The minimum atomic E-state index is -3.87. The average Bonchev–Trinajstić information content (AvgIpc) is 2.72. The van der Waals surface area contributed by atoms with Gasteiger partial charge in [-0.05, 0) is 62.8 Å². The van der Waals surface area contributed by atoms with Crippen LogP contribution in [0.4, 0.5) is 0 Å². The number of rotatable bonds is 8. The van der Waals surface area contributed by atoms with E-state index < -0.39 is 20.2 Å². The summed E-state index contributed by atoms with van der Waals surface area (Å²) in [6.07, 6.45) is 5.11. The van der Waals surface area contributed by atoms with Crippen molar-refractivity contribution in [3.05, 3.63) is 71.8 Å². The minimum Gasteiger partial charge on any atom is -0.266 e. The Morgan fingerprint density at radius 3 is 1.33 bits per heavy atom. The highest BCUT2D eigenvalue weighted by molar-refractivity contribution is 7.87. The molecule has 0 aliphatic heterocycles. The molecular weight excluding hydrogens is 424 g/mol. The molecule has 8 heteroatoms. The van der Waals surface area contributed by atoms with E-state index in [9.17, 15) is 16.8 Å². The molecule has 2 atom stereocenters. The van der Waals surface area contributed by atoms with Gasteiger partial charge in [0.1, 0.15) is 0 Å². The monoisotopic (exact) mass is 450 g/mol. The second-order valence-electron chi connectivity index (χ2n) is 7.57. The molecule has 0 spiro atoms. The first-order valence-electron chi connectivity index (χ1n) is 9.74. The standard InChI is InChI=1S/C22H26O6S2/c1-17-7-11-21(12-8-17)29(23,24)27-15-19-5-3-4-6-20(19)16-28-30(25,26)22-13-9-18(2)10-14-22/h3-4,7-14,19-20H,5-6,15-16H2,1-2H3. The van der Waals surface area contributed by atoms with E-state index in [4.69, 9.17) is 8.37 Å². The number of benzene rings is 2. The van der Waals surface area contributed by atoms with E-state index in [-0.39, 0.29) is 34.8 Å². The highest BCUT2D eigenvalue weighted by Gasteiger charge is 2.28. The zero-order valence-corrected chi connectivity index (χ0v) is 18.7. The van der Waals surface area contributed by atoms with Gasteiger partial charge in [0.2, 0.25) is 0 Å². The van der Waals surface area contributed by atoms with Crippen molar-refractivity contribution in [2.75, 3.05) is 13.2 Å². The second-order valence-corrected chi connectivity index (χ2v) is 10.8. The molecule has 0 amide bonds. The van der Waals surface area contributed by atoms with E-state index in [0.29, 0.717) is 12.8 Å². The van der Waals surface area contributed by atoms with E-state index in [1.54, 1.807) is 24.3 Å². The SMILES string of the molecule is Cc1ccc(S(=O)(=O)OCC2CC=CCC2COS(=O)(=O)c2ccc(C)cc2)cc1. The Hall–Kier alpha value is -2.00. The number of allylic oxidation sites excluding steroid dienone is 2. The van der Waals surface area contributed by atoms with Crippen LogP contribution in [0.3, 0.4) is 0 Å². The van der Waals surface area contributed by atoms with Crippen LogP contribution in [0.5, 0.6) is 0 Å². The van der Waals surface area contributed by atoms with Crippen LogP contribution in [-0.2, 0) is 28.6 Å². The Labute approximate surface area is 178 Å². The maximum absolute atomic E-state index is 12.5. The lowest BCUT2D eigenvalue weighted by Gasteiger charge is -2.27. The van der Waals surface area contributed by atoms with Crippen LogP contribution in [0, 0.1) is 25.7 Å². The highest BCUT2D eigenvalue weighted by Crippen LogP contribution is 2.29. The number of aryl methyl sites for hydroxylation is 2. The van der Waals surface area contributed by atoms with Gasteiger partial charge in [0.25, 0.3) is 20.2 Å². The molecule has 2 aromatic rings. The van der Waals surface area contributed by atoms with Gasteiger partial charge in [-0.2, -0.15) is 16.8 Å². The minimum absolute atomic E-state index is 0.0286. The molecule has 30 heavy (non-hydrogen) atoms. The first kappa shape index (κ1) is 22.7. The Kier molecular flexibility index (Phi) is 7.13. The molecule has 0 radical (unpaired) electrons. The molecule has 6 nitrogen and oxygen atoms in total. The Morgan fingerprint density at radius 1 is 0.667 bits per heavy atom. The number of hydrogen-bond acceptors (Lipinski definition) is 6. The summed E-state index contributed by atoms with van der Waals surface area (Å²) < 4.78 is 60.4. The average molecular weight is 451 g/mol. The lowest BCUT2D eigenvalue weighted by atomic mass is 9.84. The lowest BCUT2D eigenvalue weighted by molar-refractivity contribution is 0.144. The fourth-order valence-corrected chi connectivity index (χ4v) is 5.15. The van der Waals surface area contributed by atoms with Crippen LogP contribution in [-0.4, -0.2) is 30.0 Å². The van der Waals surface area contributed by atoms with E-state index in [2.05, 4.69) is 0 Å². The Morgan fingerprint density at radius 2 is 1.00 bits per heavy atom. The summed E-state index contributed by atoms with van der Waals surface area (Å²) in [5.41, 5.74) is 1.91. The summed E-state index contributed by atoms with van der Waals surface area (Å²) in [6, 6.07) is 12.9. The first-order chi connectivity index (χ1) is 14.2. The fraction of sp³-hybridized carbons (Fsp3) is 0.364. The van der Waals surface area contributed by atoms with Crippen LogP contribution < -0.4 is 0 Å². The maximum atomic E-state index is 12.5. The van der Waals surface area contributed by atoms with Crippen molar-refractivity contribution in [3.8, 4) is 0 Å². The third kappa shape index (κ3) is 5.78. The van der Waals surface area contributed by atoms with Crippen LogP contribution in [0.25, 0.3) is 0 Å². The van der Waals surface area contributed by atoms with Crippen LogP contribution >= 0.6 is 0 Å².